The summed E-state index contributed by atoms with van der Waals surface area (Å²) in [5.41, 5.74) is -1.02. The molecule has 0 spiro atoms. The summed E-state index contributed by atoms with van der Waals surface area (Å²) < 4.78 is 42.3. The highest BCUT2D eigenvalue weighted by Gasteiger charge is 2.70. The number of furan rings is 1. The van der Waals surface area contributed by atoms with Crippen molar-refractivity contribution >= 4 is 39.0 Å². The van der Waals surface area contributed by atoms with Gasteiger partial charge in [0.1, 0.15) is 10.5 Å². The fourth-order valence-corrected chi connectivity index (χ4v) is 8.05. The van der Waals surface area contributed by atoms with Gasteiger partial charge >= 0.3 is 7.12 Å². The van der Waals surface area contributed by atoms with Gasteiger partial charge in [-0.05, 0) is 71.9 Å². The number of carbonyl (C=O) groups excluding carboxylic acids is 1. The zero-order valence-electron chi connectivity index (χ0n) is 20.1. The number of sulfone groups is 1. The summed E-state index contributed by atoms with van der Waals surface area (Å²) in [4.78, 5) is 17.5. The number of carbonyl (C=O) groups is 1. The van der Waals surface area contributed by atoms with Crippen LogP contribution in [0.15, 0.2) is 22.7 Å². The van der Waals surface area contributed by atoms with Crippen molar-refractivity contribution in [2.75, 3.05) is 6.26 Å². The van der Waals surface area contributed by atoms with Crippen molar-refractivity contribution in [3.8, 4) is 0 Å². The van der Waals surface area contributed by atoms with Crippen molar-refractivity contribution in [1.82, 2.24) is 10.3 Å². The third kappa shape index (κ3) is 3.06. The van der Waals surface area contributed by atoms with Crippen LogP contribution in [0.5, 0.6) is 0 Å². The molecule has 1 saturated heterocycles. The molecule has 1 aliphatic heterocycles. The van der Waals surface area contributed by atoms with Crippen molar-refractivity contribution < 1.29 is 26.9 Å². The number of hydrogen-bond acceptors (Lipinski definition) is 8. The number of rotatable bonds is 6. The fourth-order valence-electron chi connectivity index (χ4n) is 5.67. The van der Waals surface area contributed by atoms with Gasteiger partial charge in [-0.2, -0.15) is 0 Å². The molecule has 2 bridgehead atoms. The van der Waals surface area contributed by atoms with Crippen LogP contribution in [0.2, 0.25) is 0 Å². The second-order valence-corrected chi connectivity index (χ2v) is 15.0. The summed E-state index contributed by atoms with van der Waals surface area (Å²) in [5, 5.41) is 4.19. The Labute approximate surface area is 203 Å². The van der Waals surface area contributed by atoms with Gasteiger partial charge in [-0.3, -0.25) is 4.79 Å². The number of nitrogens with zero attached hydrogens (tertiary/aromatic N) is 1. The summed E-state index contributed by atoms with van der Waals surface area (Å²) >= 11 is 1.63. The summed E-state index contributed by atoms with van der Waals surface area (Å²) in [6, 6.07) is 3.20. The third-order valence-corrected chi connectivity index (χ3v) is 11.9. The quantitative estimate of drug-likeness (QED) is 0.603. The van der Waals surface area contributed by atoms with E-state index in [-0.39, 0.29) is 22.6 Å². The van der Waals surface area contributed by atoms with Crippen LogP contribution >= 0.6 is 11.3 Å². The van der Waals surface area contributed by atoms with E-state index >= 15 is 0 Å². The fraction of sp³-hybridized carbons (Fsp3) is 0.652. The lowest BCUT2D eigenvalue weighted by molar-refractivity contribution is -0.0812. The minimum atomic E-state index is -3.28. The van der Waals surface area contributed by atoms with Gasteiger partial charge in [0.2, 0.25) is 0 Å². The van der Waals surface area contributed by atoms with Gasteiger partial charge in [0.15, 0.2) is 15.6 Å². The summed E-state index contributed by atoms with van der Waals surface area (Å²) in [5.74, 6) is 0.245. The molecule has 11 heteroatoms. The lowest BCUT2D eigenvalue weighted by Gasteiger charge is -2.69. The Morgan fingerprint density at radius 3 is 2.26 bits per heavy atom. The average Bonchev–Trinajstić information content (AvgIpc) is 3.04. The first-order valence-electron chi connectivity index (χ1n) is 11.6. The largest absolute Gasteiger partial charge is 0.507 e. The summed E-state index contributed by atoms with van der Waals surface area (Å²) in [7, 11) is -3.69. The molecule has 3 heterocycles. The van der Waals surface area contributed by atoms with E-state index < -0.39 is 32.9 Å². The maximum atomic E-state index is 12.8. The van der Waals surface area contributed by atoms with Crippen LogP contribution in [0.25, 0.3) is 0 Å². The van der Waals surface area contributed by atoms with Crippen molar-refractivity contribution in [1.29, 1.82) is 0 Å². The van der Waals surface area contributed by atoms with Gasteiger partial charge in [0, 0.05) is 23.4 Å². The molecule has 0 unspecified atom stereocenters. The van der Waals surface area contributed by atoms with Crippen molar-refractivity contribution in [2.45, 2.75) is 86.7 Å². The first kappa shape index (κ1) is 22.8. The topological polar surface area (TPSA) is 108 Å². The molecule has 7 rings (SSSR count). The van der Waals surface area contributed by atoms with E-state index in [2.05, 4.69) is 10.3 Å². The Hall–Kier alpha value is -1.69. The predicted molar refractivity (Wildman–Crippen MR) is 128 cm³/mol. The van der Waals surface area contributed by atoms with Crippen LogP contribution < -0.4 is 10.1 Å². The lowest BCUT2D eigenvalue weighted by Crippen LogP contribution is -2.76. The Kier molecular flexibility index (Phi) is 4.38. The first-order valence-corrected chi connectivity index (χ1v) is 14.4. The molecule has 34 heavy (non-hydrogen) atoms. The maximum absolute atomic E-state index is 12.8. The zero-order valence-corrected chi connectivity index (χ0v) is 21.7. The predicted octanol–water partition coefficient (Wildman–Crippen LogP) is 2.67. The summed E-state index contributed by atoms with van der Waals surface area (Å²) in [6.07, 6.45) is 6.66. The highest BCUT2D eigenvalue weighted by atomic mass is 32.2. The molecule has 5 aliphatic rings. The standard InChI is InChI=1S/C23H29BN2O6S2/c1-19(2)20(3,4)32-24(31-19)16-10-25-18(33-16)21-11-22(12-21,13-21)26-17(27)14-6-7-15(30-14)23(8-9-23)34(5,28)29/h6-7,10H,8-9,11-13H2,1-5H3,(H,26,27). The molecule has 0 radical (unpaired) electrons. The van der Waals surface area contributed by atoms with Crippen molar-refractivity contribution in [3.05, 3.63) is 34.9 Å². The zero-order chi connectivity index (χ0) is 24.4. The summed E-state index contributed by atoms with van der Waals surface area (Å²) in [6.45, 7) is 8.15. The molecular weight excluding hydrogens is 475 g/mol. The number of amides is 1. The lowest BCUT2D eigenvalue weighted by atomic mass is 9.39. The van der Waals surface area contributed by atoms with Gasteiger partial charge in [0.05, 0.1) is 21.0 Å². The Bertz CT molecular complexity index is 1270. The third-order valence-electron chi connectivity index (χ3n) is 8.56. The second kappa shape index (κ2) is 6.54. The smallest absolute Gasteiger partial charge is 0.454 e. The van der Waals surface area contributed by atoms with Gasteiger partial charge in [-0.15, -0.1) is 11.3 Å². The molecule has 0 aromatic carbocycles. The minimum Gasteiger partial charge on any atom is -0.454 e. The number of thiazole rings is 1. The molecule has 4 saturated carbocycles. The Balaban J connectivity index is 1.10. The molecule has 0 atom stereocenters. The molecular formula is C23H29BN2O6S2. The number of hydrogen-bond donors (Lipinski definition) is 1. The van der Waals surface area contributed by atoms with Gasteiger partial charge in [0.25, 0.3) is 5.91 Å². The molecule has 1 amide bonds. The molecule has 182 valence electrons. The van der Waals surface area contributed by atoms with E-state index in [9.17, 15) is 13.2 Å². The van der Waals surface area contributed by atoms with Gasteiger partial charge < -0.3 is 19.0 Å². The monoisotopic (exact) mass is 504 g/mol. The van der Waals surface area contributed by atoms with Crippen LogP contribution in [-0.2, 0) is 29.3 Å². The van der Waals surface area contributed by atoms with Gasteiger partial charge in [-0.1, -0.05) is 0 Å². The van der Waals surface area contributed by atoms with E-state index in [4.69, 9.17) is 13.7 Å². The highest BCUT2D eigenvalue weighted by Crippen LogP contribution is 2.68. The molecule has 2 aromatic rings. The molecule has 8 nitrogen and oxygen atoms in total. The van der Waals surface area contributed by atoms with E-state index in [0.717, 1.165) is 29.0 Å². The Morgan fingerprint density at radius 1 is 1.09 bits per heavy atom. The molecule has 1 N–H and O–H groups in total. The van der Waals surface area contributed by atoms with E-state index in [1.54, 1.807) is 23.5 Å². The average molecular weight is 504 g/mol. The molecule has 5 fully saturated rings. The first-order chi connectivity index (χ1) is 15.7. The molecule has 2 aromatic heterocycles. The minimum absolute atomic E-state index is 0.00250. The normalized spacial score (nSPS) is 32.1. The van der Waals surface area contributed by atoms with Gasteiger partial charge in [-0.25, -0.2) is 13.4 Å². The number of aromatic nitrogens is 1. The van der Waals surface area contributed by atoms with E-state index in [0.29, 0.717) is 18.6 Å². The van der Waals surface area contributed by atoms with E-state index in [1.165, 1.54) is 6.26 Å². The van der Waals surface area contributed by atoms with Crippen molar-refractivity contribution in [3.63, 3.8) is 0 Å². The van der Waals surface area contributed by atoms with Crippen LogP contribution in [0.3, 0.4) is 0 Å². The van der Waals surface area contributed by atoms with Crippen molar-refractivity contribution in [2.24, 2.45) is 0 Å². The van der Waals surface area contributed by atoms with Crippen LogP contribution in [0.1, 0.15) is 81.1 Å². The van der Waals surface area contributed by atoms with E-state index in [1.807, 2.05) is 33.9 Å². The Morgan fingerprint density at radius 2 is 1.71 bits per heavy atom. The maximum Gasteiger partial charge on any atom is 0.507 e. The molecule has 4 aliphatic carbocycles. The van der Waals surface area contributed by atoms with Crippen LogP contribution in [-0.4, -0.2) is 49.4 Å². The van der Waals surface area contributed by atoms with Crippen LogP contribution in [0, 0.1) is 0 Å². The highest BCUT2D eigenvalue weighted by molar-refractivity contribution is 7.91. The second-order valence-electron chi connectivity index (χ2n) is 11.6. The van der Waals surface area contributed by atoms with Crippen LogP contribution in [0.4, 0.5) is 0 Å². The SMILES string of the molecule is CC1(C)OB(c2cnc(C34CC(NC(=O)c5ccc(C6(S(C)(=O)=O)CC6)o5)(C3)C4)s2)OC1(C)C. The number of nitrogens with one attached hydrogen (secondary N) is 1.